The smallest absolute Gasteiger partial charge is 0.748 e. The molecule has 0 N–H and O–H groups in total. The summed E-state index contributed by atoms with van der Waals surface area (Å²) in [7, 11) is -4.01. The van der Waals surface area contributed by atoms with E-state index >= 15 is 0 Å². The van der Waals surface area contributed by atoms with Gasteiger partial charge in [-0.3, -0.25) is 0 Å². The molecule has 0 aliphatic heterocycles. The molecule has 12 heavy (non-hydrogen) atoms. The molecule has 0 aromatic heterocycles. The first-order chi connectivity index (χ1) is 4.95. The molecule has 0 spiro atoms. The maximum absolute atomic E-state index is 10.1. The molecule has 0 aromatic carbocycles. The van der Waals surface area contributed by atoms with Gasteiger partial charge in [0.2, 0.25) is 0 Å². The van der Waals surface area contributed by atoms with E-state index in [1.165, 1.54) is 0 Å². The molecule has 0 saturated carbocycles. The van der Waals surface area contributed by atoms with E-state index in [1.807, 2.05) is 6.92 Å². The van der Waals surface area contributed by atoms with Gasteiger partial charge in [-0.15, -0.1) is 0 Å². The number of hydrogen-bond acceptors (Lipinski definition) is 4. The quantitative estimate of drug-likeness (QED) is 0.332. The van der Waals surface area contributed by atoms with Crippen LogP contribution in [0.15, 0.2) is 0 Å². The molecule has 6 heteroatoms. The van der Waals surface area contributed by atoms with E-state index in [0.717, 1.165) is 6.42 Å². The van der Waals surface area contributed by atoms with Crippen LogP contribution in [-0.2, 0) is 10.1 Å². The van der Waals surface area contributed by atoms with Crippen molar-refractivity contribution < 1.29 is 42.5 Å². The monoisotopic (exact) mass is 220 g/mol. The van der Waals surface area contributed by atoms with Crippen molar-refractivity contribution in [1.82, 2.24) is 0 Å². The second-order valence-corrected chi connectivity index (χ2v) is 4.72. The molecule has 0 saturated heterocycles. The molecule has 3 nitrogen and oxygen atoms in total. The van der Waals surface area contributed by atoms with Crippen molar-refractivity contribution in [3.05, 3.63) is 0 Å². The summed E-state index contributed by atoms with van der Waals surface area (Å²) < 4.78 is 30.4. The Hall–Kier alpha value is 1.26. The fraction of sp³-hybridized carbons (Fsp3) is 1.00. The van der Waals surface area contributed by atoms with Gasteiger partial charge in [-0.1, -0.05) is 6.92 Å². The van der Waals surface area contributed by atoms with Crippen LogP contribution in [-0.4, -0.2) is 24.0 Å². The number of rotatable bonds is 5. The summed E-state index contributed by atoms with van der Waals surface area (Å²) in [6, 6.07) is 0. The predicted octanol–water partition coefficient (Wildman–Crippen LogP) is -1.98. The minimum absolute atomic E-state index is 0. The summed E-state index contributed by atoms with van der Waals surface area (Å²) in [5.74, 6) is -0.260. The van der Waals surface area contributed by atoms with Gasteiger partial charge in [-0.05, 0) is 19.3 Å². The summed E-state index contributed by atoms with van der Waals surface area (Å²) >= 11 is 4.16. The van der Waals surface area contributed by atoms with Crippen LogP contribution in [0.1, 0.15) is 26.2 Å². The molecule has 0 amide bonds. The number of thiol groups is 1. The second kappa shape index (κ2) is 7.64. The van der Waals surface area contributed by atoms with Crippen LogP contribution in [0.5, 0.6) is 0 Å². The maximum atomic E-state index is 10.1. The Kier molecular flexibility index (Phi) is 10.0. The van der Waals surface area contributed by atoms with E-state index < -0.39 is 10.1 Å². The van der Waals surface area contributed by atoms with Crippen LogP contribution in [0, 0.1) is 0 Å². The summed E-state index contributed by atoms with van der Waals surface area (Å²) in [6.45, 7) is 1.98. The Morgan fingerprint density at radius 3 is 2.33 bits per heavy atom. The van der Waals surface area contributed by atoms with Crippen LogP contribution in [0.25, 0.3) is 0 Å². The fourth-order valence-electron chi connectivity index (χ4n) is 0.700. The average molecular weight is 220 g/mol. The summed E-state index contributed by atoms with van der Waals surface area (Å²) in [4.78, 5) is 0. The van der Waals surface area contributed by atoms with E-state index in [9.17, 15) is 13.0 Å². The topological polar surface area (TPSA) is 57.2 Å². The van der Waals surface area contributed by atoms with Crippen LogP contribution in [0.4, 0.5) is 0 Å². The third-order valence-electron chi connectivity index (χ3n) is 1.40. The van der Waals surface area contributed by atoms with Gasteiger partial charge in [-0.2, -0.15) is 12.6 Å². The van der Waals surface area contributed by atoms with Gasteiger partial charge in [0.1, 0.15) is 0 Å². The minimum atomic E-state index is -4.01. The van der Waals surface area contributed by atoms with Gasteiger partial charge in [0.05, 0.1) is 10.1 Å². The van der Waals surface area contributed by atoms with Crippen LogP contribution < -0.4 is 29.6 Å². The summed E-state index contributed by atoms with van der Waals surface area (Å²) in [6.07, 6.45) is 2.02. The molecule has 0 aliphatic rings. The van der Waals surface area contributed by atoms with Crippen LogP contribution in [0.3, 0.4) is 0 Å². The van der Waals surface area contributed by atoms with Gasteiger partial charge in [0, 0.05) is 11.0 Å². The zero-order valence-electron chi connectivity index (χ0n) is 7.49. The van der Waals surface area contributed by atoms with E-state index in [2.05, 4.69) is 12.6 Å². The molecule has 0 aliphatic carbocycles. The van der Waals surface area contributed by atoms with E-state index in [1.54, 1.807) is 0 Å². The van der Waals surface area contributed by atoms with Crippen molar-refractivity contribution in [3.63, 3.8) is 0 Å². The van der Waals surface area contributed by atoms with Gasteiger partial charge in [0.25, 0.3) is 0 Å². The van der Waals surface area contributed by atoms with Crippen molar-refractivity contribution in [3.8, 4) is 0 Å². The first kappa shape index (κ1) is 15.7. The molecule has 68 valence electrons. The Morgan fingerprint density at radius 2 is 2.00 bits per heavy atom. The Morgan fingerprint density at radius 1 is 1.50 bits per heavy atom. The van der Waals surface area contributed by atoms with E-state index in [0.29, 0.717) is 12.8 Å². The Labute approximate surface area is 102 Å². The Bertz CT molecular complexity index is 191. The zero-order chi connectivity index (χ0) is 8.91. The van der Waals surface area contributed by atoms with Gasteiger partial charge >= 0.3 is 29.6 Å². The first-order valence-electron chi connectivity index (χ1n) is 3.57. The maximum Gasteiger partial charge on any atom is 1.00 e. The molecule has 0 heterocycles. The molecule has 0 fully saturated rings. The summed E-state index contributed by atoms with van der Waals surface area (Å²) in [5, 5.41) is 0.219. The zero-order valence-corrected chi connectivity index (χ0v) is 11.2. The van der Waals surface area contributed by atoms with Crippen molar-refractivity contribution in [2.24, 2.45) is 0 Å². The predicted molar refractivity (Wildman–Crippen MR) is 46.9 cm³/mol. The third kappa shape index (κ3) is 11.3. The summed E-state index contributed by atoms with van der Waals surface area (Å²) in [5.41, 5.74) is 0. The third-order valence-corrected chi connectivity index (χ3v) is 2.81. The standard InChI is InChI=1S/C6H14O3S2.Na/c1-2-6(10)4-3-5-11(7,8)9;/h6,10H,2-5H2,1H3,(H,7,8,9);/q;+1/p-1. The van der Waals surface area contributed by atoms with Gasteiger partial charge in [-0.25, -0.2) is 8.42 Å². The van der Waals surface area contributed by atoms with Crippen LogP contribution >= 0.6 is 12.6 Å². The first-order valence-corrected chi connectivity index (χ1v) is 5.66. The van der Waals surface area contributed by atoms with Gasteiger partial charge in [0.15, 0.2) is 0 Å². The molecule has 1 unspecified atom stereocenters. The SMILES string of the molecule is CCC(S)CCCS(=O)(=O)[O-].[Na+]. The van der Waals surface area contributed by atoms with Crippen molar-refractivity contribution in [2.45, 2.75) is 31.4 Å². The van der Waals surface area contributed by atoms with E-state index in [4.69, 9.17) is 0 Å². The van der Waals surface area contributed by atoms with Crippen molar-refractivity contribution in [1.29, 1.82) is 0 Å². The van der Waals surface area contributed by atoms with Crippen molar-refractivity contribution in [2.75, 3.05) is 5.75 Å². The molecule has 0 aromatic rings. The minimum Gasteiger partial charge on any atom is -0.748 e. The second-order valence-electron chi connectivity index (χ2n) is 2.47. The van der Waals surface area contributed by atoms with Crippen molar-refractivity contribution >= 4 is 22.7 Å². The Balaban J connectivity index is 0. The van der Waals surface area contributed by atoms with E-state index in [-0.39, 0.29) is 40.6 Å². The van der Waals surface area contributed by atoms with Crippen LogP contribution in [0.2, 0.25) is 0 Å². The fourth-order valence-corrected chi connectivity index (χ4v) is 1.40. The largest absolute Gasteiger partial charge is 1.00 e. The number of hydrogen-bond donors (Lipinski definition) is 1. The average Bonchev–Trinajstić information content (AvgIpc) is 1.85. The molecular formula is C6H13NaO3S2. The normalized spacial score (nSPS) is 13.6. The molecular weight excluding hydrogens is 207 g/mol. The van der Waals surface area contributed by atoms with Gasteiger partial charge < -0.3 is 4.55 Å². The molecule has 0 rings (SSSR count). The molecule has 0 radical (unpaired) electrons. The molecule has 0 bridgehead atoms. The molecule has 1 atom stereocenters.